The number of rotatable bonds is 6. The lowest BCUT2D eigenvalue weighted by Crippen LogP contribution is -2.60. The van der Waals surface area contributed by atoms with Crippen LogP contribution in [0.2, 0.25) is 0 Å². The Morgan fingerprint density at radius 1 is 0.979 bits per heavy atom. The molecule has 8 rings (SSSR count). The van der Waals surface area contributed by atoms with Crippen LogP contribution in [0, 0.1) is 56.7 Å². The van der Waals surface area contributed by atoms with E-state index in [9.17, 15) is 14.7 Å². The number of hydrogen-bond acceptors (Lipinski definition) is 8. The minimum atomic E-state index is -0.684. The van der Waals surface area contributed by atoms with Crippen molar-refractivity contribution >= 4 is 12.1 Å². The summed E-state index contributed by atoms with van der Waals surface area (Å²) in [5, 5.41) is 12.4. The zero-order valence-electron chi connectivity index (χ0n) is 29.6. The number of carbonyl (C=O) groups excluding carboxylic acids is 2. The molecular formula is C38H59NO8. The third kappa shape index (κ3) is 4.60. The largest absolute Gasteiger partial charge is 0.508 e. The number of aliphatic hydroxyl groups is 1. The van der Waals surface area contributed by atoms with Crippen LogP contribution in [-0.2, 0) is 28.5 Å². The molecule has 9 nitrogen and oxygen atoms in total. The van der Waals surface area contributed by atoms with Crippen LogP contribution in [-0.4, -0.2) is 86.2 Å². The molecule has 2 spiro atoms. The molecule has 2 aliphatic heterocycles. The average Bonchev–Trinajstić information content (AvgIpc) is 3.96. The van der Waals surface area contributed by atoms with Crippen LogP contribution < -0.4 is 0 Å². The quantitative estimate of drug-likeness (QED) is 0.350. The summed E-state index contributed by atoms with van der Waals surface area (Å²) < 4.78 is 29.6. The summed E-state index contributed by atoms with van der Waals surface area (Å²) >= 11 is 0. The van der Waals surface area contributed by atoms with Crippen molar-refractivity contribution in [1.82, 2.24) is 4.90 Å². The van der Waals surface area contributed by atoms with Crippen molar-refractivity contribution in [2.24, 2.45) is 56.7 Å². The summed E-state index contributed by atoms with van der Waals surface area (Å²) in [6.07, 6.45) is 10.1. The van der Waals surface area contributed by atoms with Crippen LogP contribution in [0.15, 0.2) is 0 Å². The van der Waals surface area contributed by atoms with E-state index in [0.717, 1.165) is 32.1 Å². The van der Waals surface area contributed by atoms with Crippen molar-refractivity contribution < 1.29 is 38.4 Å². The number of nitrogens with zero attached hydrogens (tertiary/aromatic N) is 1. The van der Waals surface area contributed by atoms with Crippen molar-refractivity contribution in [3.8, 4) is 0 Å². The fourth-order valence-corrected chi connectivity index (χ4v) is 13.8. The van der Waals surface area contributed by atoms with Gasteiger partial charge in [0, 0.05) is 18.4 Å². The number of hydrogen-bond donors (Lipinski definition) is 1. The fraction of sp³-hybridized carbons (Fsp3) is 0.947. The lowest BCUT2D eigenvalue weighted by Gasteiger charge is -2.64. The zero-order chi connectivity index (χ0) is 33.1. The van der Waals surface area contributed by atoms with Crippen molar-refractivity contribution in [3.05, 3.63) is 0 Å². The Bertz CT molecular complexity index is 1270. The first-order valence-electron chi connectivity index (χ1n) is 18.9. The van der Waals surface area contributed by atoms with Gasteiger partial charge in [-0.15, -0.1) is 0 Å². The molecule has 0 aromatic carbocycles. The highest BCUT2D eigenvalue weighted by Gasteiger charge is 2.84. The molecule has 264 valence electrons. The van der Waals surface area contributed by atoms with E-state index in [1.807, 2.05) is 4.90 Å². The van der Waals surface area contributed by atoms with Crippen LogP contribution in [0.25, 0.3) is 0 Å². The SMILES string of the molecule is COC(=O)OCC1C[C@@H](C)[C@H]2C(O1)[C@H](O)[C@@]1(C)C3CC[C@H]4C(C)(C)[C@@H](OC5CN(C(=O)CC6CC6)CCO5)CC[C@@]45C[C@@]35CC[C@]21C. The highest BCUT2D eigenvalue weighted by Crippen LogP contribution is 2.89. The average molecular weight is 658 g/mol. The summed E-state index contributed by atoms with van der Waals surface area (Å²) in [6.45, 7) is 14.0. The van der Waals surface area contributed by atoms with E-state index in [0.29, 0.717) is 55.2 Å². The molecule has 2 saturated heterocycles. The van der Waals surface area contributed by atoms with Gasteiger partial charge in [-0.3, -0.25) is 4.79 Å². The lowest BCUT2D eigenvalue weighted by atomic mass is 9.41. The van der Waals surface area contributed by atoms with Gasteiger partial charge in [-0.2, -0.15) is 0 Å². The number of methoxy groups -OCH3 is 1. The Morgan fingerprint density at radius 2 is 1.72 bits per heavy atom. The van der Waals surface area contributed by atoms with Gasteiger partial charge in [0.2, 0.25) is 5.91 Å². The number of ether oxygens (including phenoxy) is 5. The van der Waals surface area contributed by atoms with E-state index >= 15 is 0 Å². The van der Waals surface area contributed by atoms with E-state index < -0.39 is 12.3 Å². The Kier molecular flexibility index (Phi) is 7.70. The summed E-state index contributed by atoms with van der Waals surface area (Å²) in [6, 6.07) is 0. The monoisotopic (exact) mass is 657 g/mol. The van der Waals surface area contributed by atoms with E-state index in [-0.39, 0.29) is 64.7 Å². The molecular weight excluding hydrogens is 598 g/mol. The summed E-state index contributed by atoms with van der Waals surface area (Å²) in [4.78, 5) is 26.6. The molecule has 8 aliphatic rings. The normalized spacial score (nSPS) is 51.0. The second-order valence-corrected chi connectivity index (χ2v) is 18.3. The van der Waals surface area contributed by atoms with E-state index in [1.54, 1.807) is 0 Å². The Balaban J connectivity index is 0.987. The third-order valence-electron chi connectivity index (χ3n) is 16.2. The maximum atomic E-state index is 12.9. The minimum absolute atomic E-state index is 0.00476. The first-order valence-corrected chi connectivity index (χ1v) is 18.9. The third-order valence-corrected chi connectivity index (χ3v) is 16.2. The van der Waals surface area contributed by atoms with Crippen LogP contribution in [0.4, 0.5) is 4.79 Å². The van der Waals surface area contributed by atoms with Crippen molar-refractivity contribution in [3.63, 3.8) is 0 Å². The standard InChI is InChI=1S/C38H59NO8/c1-22-17-24(20-45-33(42)43-6)46-31-30(22)35(4)13-14-38-21-37(38)12-11-27(34(2,3)25(37)9-10-26(38)36(35,5)32(31)41)47-29-19-39(15-16-44-29)28(40)18-23-7-8-23/h22-27,29-32,41H,7-21H2,1-6H3/t22-,24?,25+,26?,27+,29?,30+,31?,32+,35-,36-,37-,38+/m1/s1. The highest BCUT2D eigenvalue weighted by molar-refractivity contribution is 5.76. The molecule has 47 heavy (non-hydrogen) atoms. The first-order chi connectivity index (χ1) is 22.3. The van der Waals surface area contributed by atoms with Crippen LogP contribution in [0.5, 0.6) is 0 Å². The number of fused-ring (bicyclic) bond motifs is 4. The minimum Gasteiger partial charge on any atom is -0.438 e. The molecule has 9 heteroatoms. The van der Waals surface area contributed by atoms with Gasteiger partial charge in [-0.05, 0) is 115 Å². The molecule has 0 radical (unpaired) electrons. The van der Waals surface area contributed by atoms with Crippen LogP contribution in [0.1, 0.15) is 105 Å². The fourth-order valence-electron chi connectivity index (χ4n) is 13.8. The zero-order valence-corrected chi connectivity index (χ0v) is 29.6. The first kappa shape index (κ1) is 32.8. The number of carbonyl (C=O) groups is 2. The molecule has 1 amide bonds. The molecule has 0 aromatic heterocycles. The number of amides is 1. The molecule has 1 N–H and O–H groups in total. The maximum absolute atomic E-state index is 12.9. The maximum Gasteiger partial charge on any atom is 0.508 e. The molecule has 6 aliphatic carbocycles. The van der Waals surface area contributed by atoms with Gasteiger partial charge in [0.05, 0.1) is 44.7 Å². The predicted octanol–water partition coefficient (Wildman–Crippen LogP) is 5.95. The molecule has 6 saturated carbocycles. The van der Waals surface area contributed by atoms with Crippen molar-refractivity contribution in [1.29, 1.82) is 0 Å². The van der Waals surface area contributed by atoms with Gasteiger partial charge in [0.25, 0.3) is 0 Å². The van der Waals surface area contributed by atoms with E-state index in [4.69, 9.17) is 23.7 Å². The van der Waals surface area contributed by atoms with Gasteiger partial charge in [0.15, 0.2) is 6.29 Å². The Morgan fingerprint density at radius 3 is 2.47 bits per heavy atom. The van der Waals surface area contributed by atoms with E-state index in [1.165, 1.54) is 39.2 Å². The number of aliphatic hydroxyl groups excluding tert-OH is 1. The summed E-state index contributed by atoms with van der Waals surface area (Å²) in [5.74, 6) is 2.55. The van der Waals surface area contributed by atoms with Gasteiger partial charge < -0.3 is 33.7 Å². The van der Waals surface area contributed by atoms with Crippen molar-refractivity contribution in [2.45, 2.75) is 136 Å². The van der Waals surface area contributed by atoms with Gasteiger partial charge >= 0.3 is 6.16 Å². The predicted molar refractivity (Wildman–Crippen MR) is 173 cm³/mol. The smallest absolute Gasteiger partial charge is 0.438 e. The molecule has 2 heterocycles. The summed E-state index contributed by atoms with van der Waals surface area (Å²) in [5.41, 5.74) is 0.343. The Labute approximate surface area is 281 Å². The van der Waals surface area contributed by atoms with Crippen LogP contribution >= 0.6 is 0 Å². The van der Waals surface area contributed by atoms with E-state index in [2.05, 4.69) is 34.6 Å². The molecule has 0 bridgehead atoms. The summed E-state index contributed by atoms with van der Waals surface area (Å²) in [7, 11) is 1.32. The van der Waals surface area contributed by atoms with Gasteiger partial charge in [-0.1, -0.05) is 34.6 Å². The second-order valence-electron chi connectivity index (χ2n) is 18.3. The molecule has 13 atom stereocenters. The highest BCUT2D eigenvalue weighted by atomic mass is 16.7. The molecule has 4 unspecified atom stereocenters. The van der Waals surface area contributed by atoms with Crippen molar-refractivity contribution in [2.75, 3.05) is 33.4 Å². The van der Waals surface area contributed by atoms with Gasteiger partial charge in [-0.25, -0.2) is 4.79 Å². The molecule has 8 fully saturated rings. The number of morpholine rings is 1. The van der Waals surface area contributed by atoms with Gasteiger partial charge in [0.1, 0.15) is 6.61 Å². The second kappa shape index (κ2) is 11.0. The topological polar surface area (TPSA) is 104 Å². The lowest BCUT2D eigenvalue weighted by molar-refractivity contribution is -0.248. The van der Waals surface area contributed by atoms with Crippen LogP contribution in [0.3, 0.4) is 0 Å². The Hall–Kier alpha value is -1.42. The molecule has 0 aromatic rings.